The Bertz CT molecular complexity index is 496. The topological polar surface area (TPSA) is 77.4 Å². The third-order valence-corrected chi connectivity index (χ3v) is 4.37. The van der Waals surface area contributed by atoms with Crippen molar-refractivity contribution in [2.75, 3.05) is 27.1 Å². The number of carboxylic acid groups (broad SMARTS) is 1. The van der Waals surface area contributed by atoms with Gasteiger partial charge in [0.15, 0.2) is 5.78 Å². The number of hydrogen-bond acceptors (Lipinski definition) is 4. The van der Waals surface area contributed by atoms with E-state index in [4.69, 9.17) is 4.11 Å². The summed E-state index contributed by atoms with van der Waals surface area (Å²) in [6.45, 7) is -0.633. The fraction of sp³-hybridized carbons (Fsp3) is 0.905. The number of Topliss-reactive ketones (excluding diaryl/α,β-unsaturated/α-hetero) is 1. The van der Waals surface area contributed by atoms with Gasteiger partial charge in [-0.1, -0.05) is 71.1 Å². The largest absolute Gasteiger partial charge is 0.550 e. The van der Waals surface area contributed by atoms with Crippen molar-refractivity contribution in [1.82, 2.24) is 0 Å². The smallest absolute Gasteiger partial charge is 0.186 e. The minimum Gasteiger partial charge on any atom is -0.550 e. The minimum absolute atomic E-state index is 0.154. The zero-order valence-corrected chi connectivity index (χ0v) is 17.0. The summed E-state index contributed by atoms with van der Waals surface area (Å²) >= 11 is 0. The number of likely N-dealkylation sites (N-methyl/N-ethyl adjacent to an activating group) is 1. The summed E-state index contributed by atoms with van der Waals surface area (Å²) in [7, 11) is 2.76. The molecule has 0 spiro atoms. The van der Waals surface area contributed by atoms with Gasteiger partial charge in [-0.05, 0) is 6.42 Å². The maximum absolute atomic E-state index is 12.3. The van der Waals surface area contributed by atoms with E-state index in [9.17, 15) is 19.8 Å². The zero-order valence-electron chi connectivity index (χ0n) is 20.0. The van der Waals surface area contributed by atoms with Gasteiger partial charge in [-0.25, -0.2) is 0 Å². The maximum Gasteiger partial charge on any atom is 0.186 e. The monoisotopic (exact) mass is 374 g/mol. The van der Waals surface area contributed by atoms with Crippen molar-refractivity contribution in [2.45, 2.75) is 96.5 Å². The molecule has 0 fully saturated rings. The molecular weight excluding hydrogens is 330 g/mol. The Hall–Kier alpha value is -0.940. The predicted octanol–water partition coefficient (Wildman–Crippen LogP) is 2.83. The average Bonchev–Trinajstić information content (AvgIpc) is 2.57. The van der Waals surface area contributed by atoms with Crippen LogP contribution in [-0.4, -0.2) is 54.6 Å². The quantitative estimate of drug-likeness (QED) is 0.296. The Balaban J connectivity index is 4.13. The van der Waals surface area contributed by atoms with Crippen LogP contribution in [0.5, 0.6) is 0 Å². The molecule has 0 aliphatic heterocycles. The van der Waals surface area contributed by atoms with Crippen LogP contribution in [0, 0.1) is 0 Å². The molecule has 5 nitrogen and oxygen atoms in total. The lowest BCUT2D eigenvalue weighted by Gasteiger charge is -2.31. The lowest BCUT2D eigenvalue weighted by molar-refractivity contribution is -0.885. The number of unbranched alkanes of at least 4 members (excludes halogenated alkanes) is 10. The number of carbonyl (C=O) groups excluding carboxylic acids is 2. The first-order valence-electron chi connectivity index (χ1n) is 11.6. The summed E-state index contributed by atoms with van der Waals surface area (Å²) in [6, 6.07) is 0. The first-order valence-corrected chi connectivity index (χ1v) is 10.1. The number of hydrogen-bond donors (Lipinski definition) is 1. The first-order chi connectivity index (χ1) is 13.4. The molecule has 0 aromatic carbocycles. The van der Waals surface area contributed by atoms with Crippen LogP contribution in [0.2, 0.25) is 0 Å². The summed E-state index contributed by atoms with van der Waals surface area (Å²) in [5.74, 6) is -1.86. The Kier molecular flexibility index (Phi) is 11.5. The molecular formula is C21H41NO4. The van der Waals surface area contributed by atoms with Crippen molar-refractivity contribution in [1.29, 1.82) is 0 Å². The van der Waals surface area contributed by atoms with Crippen molar-refractivity contribution >= 4 is 11.8 Å². The van der Waals surface area contributed by atoms with Gasteiger partial charge >= 0.3 is 0 Å². The fourth-order valence-corrected chi connectivity index (χ4v) is 3.07. The highest BCUT2D eigenvalue weighted by Crippen LogP contribution is 2.12. The van der Waals surface area contributed by atoms with Crippen molar-refractivity contribution in [2.24, 2.45) is 0 Å². The molecule has 0 rings (SSSR count). The van der Waals surface area contributed by atoms with Crippen molar-refractivity contribution < 1.29 is 28.4 Å². The van der Waals surface area contributed by atoms with Gasteiger partial charge in [0.1, 0.15) is 19.1 Å². The van der Waals surface area contributed by atoms with E-state index < -0.39 is 29.5 Å². The molecule has 0 heterocycles. The molecule has 1 unspecified atom stereocenters. The number of carboxylic acids is 1. The summed E-state index contributed by atoms with van der Waals surface area (Å²) < 4.78 is 23.1. The second-order valence-electron chi connectivity index (χ2n) is 7.77. The van der Waals surface area contributed by atoms with Gasteiger partial charge < -0.3 is 19.5 Å². The number of aliphatic hydroxyl groups is 1. The van der Waals surface area contributed by atoms with Gasteiger partial charge in [0.25, 0.3) is 0 Å². The number of carbonyl (C=O) groups is 2. The van der Waals surface area contributed by atoms with E-state index in [-0.39, 0.29) is 12.3 Å². The molecule has 0 aliphatic carbocycles. The number of quaternary nitrogens is 1. The van der Waals surface area contributed by atoms with Crippen LogP contribution in [0.1, 0.15) is 94.5 Å². The van der Waals surface area contributed by atoms with Crippen molar-refractivity contribution in [3.05, 3.63) is 0 Å². The molecule has 0 bridgehead atoms. The van der Waals surface area contributed by atoms with Crippen LogP contribution in [0.4, 0.5) is 0 Å². The minimum atomic E-state index is -2.88. The summed E-state index contributed by atoms with van der Waals surface area (Å²) in [6.07, 6.45) is 9.26. The SMILES string of the molecule is [2H]C(O)(CC(=O)[O-])C([2H])([2H])[N+](C)(C)CC(=O)CCCCCCCCCCCCC. The van der Waals surface area contributed by atoms with Crippen LogP contribution in [0.15, 0.2) is 0 Å². The van der Waals surface area contributed by atoms with E-state index in [2.05, 4.69) is 6.92 Å². The second-order valence-corrected chi connectivity index (χ2v) is 7.77. The first kappa shape index (κ1) is 19.8. The number of nitrogens with zero attached hydrogens (tertiary/aromatic N) is 1. The molecule has 0 amide bonds. The summed E-state index contributed by atoms with van der Waals surface area (Å²) in [4.78, 5) is 23.0. The normalized spacial score (nSPS) is 16.4. The van der Waals surface area contributed by atoms with Crippen LogP contribution in [0.25, 0.3) is 0 Å². The molecule has 0 aromatic heterocycles. The highest BCUT2D eigenvalue weighted by molar-refractivity contribution is 5.79. The van der Waals surface area contributed by atoms with Gasteiger partial charge in [0.2, 0.25) is 0 Å². The van der Waals surface area contributed by atoms with E-state index in [1.807, 2.05) is 0 Å². The predicted molar refractivity (Wildman–Crippen MR) is 104 cm³/mol. The molecule has 0 aliphatic rings. The van der Waals surface area contributed by atoms with Gasteiger partial charge in [-0.2, -0.15) is 0 Å². The van der Waals surface area contributed by atoms with Crippen molar-refractivity contribution in [3.63, 3.8) is 0 Å². The van der Waals surface area contributed by atoms with Crippen LogP contribution in [-0.2, 0) is 9.59 Å². The number of rotatable bonds is 18. The molecule has 5 heteroatoms. The molecule has 1 atom stereocenters. The van der Waals surface area contributed by atoms with Gasteiger partial charge in [0.05, 0.1) is 18.2 Å². The molecule has 154 valence electrons. The van der Waals surface area contributed by atoms with E-state index in [1.165, 1.54) is 65.5 Å². The maximum atomic E-state index is 12.3. The van der Waals surface area contributed by atoms with Crippen molar-refractivity contribution in [3.8, 4) is 0 Å². The zero-order chi connectivity index (χ0) is 22.6. The van der Waals surface area contributed by atoms with Crippen LogP contribution < -0.4 is 5.11 Å². The van der Waals surface area contributed by atoms with E-state index >= 15 is 0 Å². The third kappa shape index (κ3) is 16.5. The Morgan fingerprint density at radius 1 is 1.00 bits per heavy atom. The average molecular weight is 375 g/mol. The third-order valence-electron chi connectivity index (χ3n) is 4.37. The standard InChI is InChI=1S/C21H41NO4/c1-4-5-6-7-8-9-10-11-12-13-14-15-19(23)17-22(2,3)18-20(24)16-21(25)26/h20,24H,4-18H2,1-3H3/i18D2,20D. The summed E-state index contributed by atoms with van der Waals surface area (Å²) in [5.41, 5.74) is 0. The lowest BCUT2D eigenvalue weighted by Crippen LogP contribution is -2.49. The Labute approximate surface area is 164 Å². The molecule has 0 aromatic rings. The Morgan fingerprint density at radius 2 is 1.46 bits per heavy atom. The highest BCUT2D eigenvalue weighted by atomic mass is 16.4. The van der Waals surface area contributed by atoms with Gasteiger partial charge in [0, 0.05) is 18.8 Å². The molecule has 0 radical (unpaired) electrons. The van der Waals surface area contributed by atoms with E-state index in [0.29, 0.717) is 6.42 Å². The van der Waals surface area contributed by atoms with E-state index in [0.717, 1.165) is 19.3 Å². The van der Waals surface area contributed by atoms with Crippen LogP contribution in [0.3, 0.4) is 0 Å². The number of aliphatic carboxylic acids is 1. The Morgan fingerprint density at radius 3 is 1.92 bits per heavy atom. The van der Waals surface area contributed by atoms with E-state index in [1.54, 1.807) is 0 Å². The molecule has 0 saturated carbocycles. The fourth-order valence-electron chi connectivity index (χ4n) is 3.07. The number of ketones is 1. The lowest BCUT2D eigenvalue weighted by atomic mass is 10.0. The summed E-state index contributed by atoms with van der Waals surface area (Å²) in [5, 5.41) is 20.7. The second kappa shape index (κ2) is 15.2. The molecule has 0 saturated heterocycles. The molecule has 26 heavy (non-hydrogen) atoms. The van der Waals surface area contributed by atoms with Crippen LogP contribution >= 0.6 is 0 Å². The highest BCUT2D eigenvalue weighted by Gasteiger charge is 2.23. The molecule has 1 N–H and O–H groups in total. The van der Waals surface area contributed by atoms with Gasteiger partial charge in [-0.3, -0.25) is 4.79 Å². The van der Waals surface area contributed by atoms with Gasteiger partial charge in [-0.15, -0.1) is 0 Å².